The lowest BCUT2D eigenvalue weighted by atomic mass is 10.0. The maximum Gasteiger partial charge on any atom is 0.410 e. The summed E-state index contributed by atoms with van der Waals surface area (Å²) in [5.41, 5.74) is -0.532. The third-order valence-electron chi connectivity index (χ3n) is 2.41. The highest BCUT2D eigenvalue weighted by atomic mass is 16.6. The van der Waals surface area contributed by atoms with E-state index in [1.165, 1.54) is 4.90 Å². The fraction of sp³-hybridized carbons (Fsp3) is 0.818. The number of aliphatic hydroxyl groups excluding tert-OH is 1. The van der Waals surface area contributed by atoms with Gasteiger partial charge in [0.2, 0.25) is 0 Å². The molecule has 1 aliphatic heterocycles. The van der Waals surface area contributed by atoms with Crippen molar-refractivity contribution in [2.24, 2.45) is 5.92 Å². The van der Waals surface area contributed by atoms with Crippen LogP contribution in [-0.2, 0) is 4.74 Å². The van der Waals surface area contributed by atoms with Crippen molar-refractivity contribution in [1.82, 2.24) is 4.90 Å². The van der Waals surface area contributed by atoms with Gasteiger partial charge in [0.1, 0.15) is 5.60 Å². The number of likely N-dealkylation sites (tertiary alicyclic amines) is 1. The molecule has 0 bridgehead atoms. The van der Waals surface area contributed by atoms with Gasteiger partial charge >= 0.3 is 6.09 Å². The minimum atomic E-state index is -0.618. The fourth-order valence-corrected chi connectivity index (χ4v) is 1.65. The van der Waals surface area contributed by atoms with E-state index >= 15 is 0 Å². The maximum absolute atomic E-state index is 11.7. The topological polar surface area (TPSA) is 73.6 Å². The van der Waals surface area contributed by atoms with Gasteiger partial charge in [-0.1, -0.05) is 0 Å². The van der Waals surface area contributed by atoms with Crippen molar-refractivity contribution < 1.29 is 14.6 Å². The number of carbonyl (C=O) groups is 1. The standard InChI is InChI=1S/C11H18N2O3/c1-11(2,3)16-10(15)13-6-8(4-5-12)9(14)7-13/h8-9,14H,4,6-7H2,1-3H3/t8-,9+/m1/s1. The molecule has 1 heterocycles. The highest BCUT2D eigenvalue weighted by molar-refractivity contribution is 5.68. The number of nitrogens with zero attached hydrogens (tertiary/aromatic N) is 2. The molecule has 0 radical (unpaired) electrons. The predicted octanol–water partition coefficient (Wildman–Crippen LogP) is 1.13. The Kier molecular flexibility index (Phi) is 3.76. The smallest absolute Gasteiger partial charge is 0.410 e. The molecule has 0 unspecified atom stereocenters. The lowest BCUT2D eigenvalue weighted by Gasteiger charge is -2.24. The van der Waals surface area contributed by atoms with Gasteiger partial charge in [-0.25, -0.2) is 4.79 Å². The molecule has 0 aliphatic carbocycles. The number of amides is 1. The Morgan fingerprint density at radius 2 is 2.19 bits per heavy atom. The van der Waals surface area contributed by atoms with Gasteiger partial charge < -0.3 is 14.7 Å². The van der Waals surface area contributed by atoms with E-state index < -0.39 is 17.8 Å². The zero-order valence-corrected chi connectivity index (χ0v) is 9.93. The van der Waals surface area contributed by atoms with Gasteiger partial charge in [-0.3, -0.25) is 0 Å². The van der Waals surface area contributed by atoms with Gasteiger partial charge in [0.15, 0.2) is 0 Å². The van der Waals surface area contributed by atoms with Crippen LogP contribution < -0.4 is 0 Å². The molecule has 16 heavy (non-hydrogen) atoms. The molecule has 0 aromatic carbocycles. The minimum Gasteiger partial charge on any atom is -0.444 e. The Morgan fingerprint density at radius 1 is 1.56 bits per heavy atom. The molecule has 0 aromatic rings. The monoisotopic (exact) mass is 226 g/mol. The van der Waals surface area contributed by atoms with Crippen molar-refractivity contribution in [3.8, 4) is 6.07 Å². The van der Waals surface area contributed by atoms with E-state index in [4.69, 9.17) is 10.00 Å². The van der Waals surface area contributed by atoms with Crippen LogP contribution in [-0.4, -0.2) is 40.9 Å². The molecule has 5 heteroatoms. The number of rotatable bonds is 1. The zero-order chi connectivity index (χ0) is 12.3. The van der Waals surface area contributed by atoms with Gasteiger partial charge in [0, 0.05) is 18.9 Å². The number of hydrogen-bond acceptors (Lipinski definition) is 4. The summed E-state index contributed by atoms with van der Waals surface area (Å²) in [6.07, 6.45) is -0.778. The second-order valence-electron chi connectivity index (χ2n) is 5.07. The lowest BCUT2D eigenvalue weighted by Crippen LogP contribution is -2.35. The van der Waals surface area contributed by atoms with E-state index in [2.05, 4.69) is 0 Å². The van der Waals surface area contributed by atoms with Crippen LogP contribution in [0.15, 0.2) is 0 Å². The Balaban J connectivity index is 2.52. The Hall–Kier alpha value is -1.28. The average Bonchev–Trinajstić information content (AvgIpc) is 2.46. The van der Waals surface area contributed by atoms with E-state index in [9.17, 15) is 9.90 Å². The predicted molar refractivity (Wildman–Crippen MR) is 57.5 cm³/mol. The molecule has 1 aliphatic rings. The Morgan fingerprint density at radius 3 is 2.69 bits per heavy atom. The molecule has 1 amide bonds. The van der Waals surface area contributed by atoms with Gasteiger partial charge in [-0.05, 0) is 20.8 Å². The molecule has 0 saturated carbocycles. The van der Waals surface area contributed by atoms with E-state index in [0.29, 0.717) is 6.54 Å². The first-order valence-electron chi connectivity index (χ1n) is 5.36. The lowest BCUT2D eigenvalue weighted by molar-refractivity contribution is 0.0270. The van der Waals surface area contributed by atoms with Crippen LogP contribution in [0.25, 0.3) is 0 Å². The van der Waals surface area contributed by atoms with Gasteiger partial charge in [-0.2, -0.15) is 5.26 Å². The molecular weight excluding hydrogens is 208 g/mol. The van der Waals surface area contributed by atoms with Crippen LogP contribution in [0.3, 0.4) is 0 Å². The summed E-state index contributed by atoms with van der Waals surface area (Å²) >= 11 is 0. The SMILES string of the molecule is CC(C)(C)OC(=O)N1C[C@@H](CC#N)[C@@H](O)C1. The fourth-order valence-electron chi connectivity index (χ4n) is 1.65. The quantitative estimate of drug-likeness (QED) is 0.727. The first kappa shape index (κ1) is 12.8. The summed E-state index contributed by atoms with van der Waals surface area (Å²) in [6, 6.07) is 2.01. The summed E-state index contributed by atoms with van der Waals surface area (Å²) in [4.78, 5) is 13.1. The van der Waals surface area contributed by atoms with Crippen molar-refractivity contribution in [2.75, 3.05) is 13.1 Å². The van der Waals surface area contributed by atoms with Crippen LogP contribution in [0, 0.1) is 17.2 Å². The molecule has 0 spiro atoms. The molecule has 1 fully saturated rings. The number of carbonyl (C=O) groups excluding carboxylic acids is 1. The minimum absolute atomic E-state index is 0.155. The van der Waals surface area contributed by atoms with Crippen LogP contribution >= 0.6 is 0 Å². The highest BCUT2D eigenvalue weighted by Gasteiger charge is 2.35. The van der Waals surface area contributed by atoms with Crippen molar-refractivity contribution in [1.29, 1.82) is 5.26 Å². The van der Waals surface area contributed by atoms with Crippen LogP contribution in [0.5, 0.6) is 0 Å². The molecule has 5 nitrogen and oxygen atoms in total. The number of nitriles is 1. The van der Waals surface area contributed by atoms with Gasteiger partial charge in [-0.15, -0.1) is 0 Å². The number of hydrogen-bond donors (Lipinski definition) is 1. The number of ether oxygens (including phenoxy) is 1. The molecular formula is C11H18N2O3. The summed E-state index contributed by atoms with van der Waals surface area (Å²) < 4.78 is 5.19. The number of β-amino-alcohol motifs (C(OH)–C–C–N with tert-alkyl or cyclic N) is 1. The summed E-state index contributed by atoms with van der Waals surface area (Å²) in [5.74, 6) is -0.155. The van der Waals surface area contributed by atoms with Crippen LogP contribution in [0.1, 0.15) is 27.2 Å². The van der Waals surface area contributed by atoms with Gasteiger partial charge in [0.25, 0.3) is 0 Å². The zero-order valence-electron chi connectivity index (χ0n) is 9.93. The van der Waals surface area contributed by atoms with E-state index in [0.717, 1.165) is 0 Å². The van der Waals surface area contributed by atoms with Crippen molar-refractivity contribution in [2.45, 2.75) is 38.9 Å². The Labute approximate surface area is 95.6 Å². The largest absolute Gasteiger partial charge is 0.444 e. The average molecular weight is 226 g/mol. The Bertz CT molecular complexity index is 303. The van der Waals surface area contributed by atoms with E-state index in [1.54, 1.807) is 20.8 Å². The normalized spacial score (nSPS) is 25.3. The summed E-state index contributed by atoms with van der Waals surface area (Å²) in [5, 5.41) is 18.2. The number of aliphatic hydroxyl groups is 1. The molecule has 90 valence electrons. The molecule has 0 aromatic heterocycles. The molecule has 1 saturated heterocycles. The van der Waals surface area contributed by atoms with E-state index in [1.807, 2.05) is 6.07 Å². The maximum atomic E-state index is 11.7. The molecule has 1 rings (SSSR count). The van der Waals surface area contributed by atoms with Gasteiger partial charge in [0.05, 0.1) is 18.7 Å². The van der Waals surface area contributed by atoms with Crippen molar-refractivity contribution in [3.05, 3.63) is 0 Å². The molecule has 2 atom stereocenters. The first-order chi connectivity index (χ1) is 7.33. The van der Waals surface area contributed by atoms with E-state index in [-0.39, 0.29) is 18.9 Å². The second kappa shape index (κ2) is 4.71. The van der Waals surface area contributed by atoms with Crippen molar-refractivity contribution in [3.63, 3.8) is 0 Å². The highest BCUT2D eigenvalue weighted by Crippen LogP contribution is 2.22. The molecule has 1 N–H and O–H groups in total. The second-order valence-corrected chi connectivity index (χ2v) is 5.07. The third kappa shape index (κ3) is 3.38. The summed E-state index contributed by atoms with van der Waals surface area (Å²) in [7, 11) is 0. The van der Waals surface area contributed by atoms with Crippen LogP contribution in [0.2, 0.25) is 0 Å². The third-order valence-corrected chi connectivity index (χ3v) is 2.41. The first-order valence-corrected chi connectivity index (χ1v) is 5.36. The van der Waals surface area contributed by atoms with Crippen LogP contribution in [0.4, 0.5) is 4.79 Å². The van der Waals surface area contributed by atoms with Crippen molar-refractivity contribution >= 4 is 6.09 Å². The summed E-state index contributed by atoms with van der Waals surface area (Å²) in [6.45, 7) is 6.03.